The Morgan fingerprint density at radius 2 is 2.17 bits per heavy atom. The number of ether oxygens (including phenoxy) is 1. The van der Waals surface area contributed by atoms with Gasteiger partial charge in [-0.2, -0.15) is 0 Å². The van der Waals surface area contributed by atoms with E-state index >= 15 is 0 Å². The van der Waals surface area contributed by atoms with Crippen molar-refractivity contribution in [1.29, 1.82) is 0 Å². The number of aromatic nitrogens is 1. The van der Waals surface area contributed by atoms with Crippen LogP contribution in [0.4, 0.5) is 0 Å². The van der Waals surface area contributed by atoms with E-state index in [1.165, 1.54) is 0 Å². The van der Waals surface area contributed by atoms with E-state index in [0.29, 0.717) is 17.4 Å². The van der Waals surface area contributed by atoms with Crippen LogP contribution in [0, 0.1) is 6.92 Å². The topological polar surface area (TPSA) is 22.1 Å². The number of hydrogen-bond donors (Lipinski definition) is 0. The van der Waals surface area contributed by atoms with Crippen molar-refractivity contribution < 1.29 is 4.74 Å². The van der Waals surface area contributed by atoms with Gasteiger partial charge in [0.2, 0.25) is 0 Å². The molecule has 0 N–H and O–H groups in total. The van der Waals surface area contributed by atoms with Crippen molar-refractivity contribution in [2.75, 3.05) is 0 Å². The summed E-state index contributed by atoms with van der Waals surface area (Å²) in [5.74, 6) is 0.686. The molecular weight excluding hydrogens is 314 g/mol. The summed E-state index contributed by atoms with van der Waals surface area (Å²) in [4.78, 5) is 4.28. The zero-order valence-electron chi connectivity index (χ0n) is 9.99. The van der Waals surface area contributed by atoms with E-state index in [-0.39, 0.29) is 0 Å². The largest absolute Gasteiger partial charge is 0.486 e. The van der Waals surface area contributed by atoms with Gasteiger partial charge in [-0.15, -0.1) is 0 Å². The van der Waals surface area contributed by atoms with Gasteiger partial charge in [0.1, 0.15) is 12.4 Å². The molecule has 1 heterocycles. The molecule has 2 aromatic rings. The average molecular weight is 327 g/mol. The summed E-state index contributed by atoms with van der Waals surface area (Å²) in [6.45, 7) is 2.45. The molecule has 1 aromatic carbocycles. The van der Waals surface area contributed by atoms with Crippen molar-refractivity contribution in [3.05, 3.63) is 58.4 Å². The van der Waals surface area contributed by atoms with E-state index in [9.17, 15) is 0 Å². The Labute approximate surface area is 120 Å². The third-order valence-electron chi connectivity index (χ3n) is 2.63. The van der Waals surface area contributed by atoms with E-state index < -0.39 is 0 Å². The highest BCUT2D eigenvalue weighted by Crippen LogP contribution is 2.27. The van der Waals surface area contributed by atoms with Gasteiger partial charge >= 0.3 is 0 Å². The molecule has 2 rings (SSSR count). The summed E-state index contributed by atoms with van der Waals surface area (Å²) in [7, 11) is 0. The van der Waals surface area contributed by atoms with Gasteiger partial charge in [0.25, 0.3) is 0 Å². The van der Waals surface area contributed by atoms with Gasteiger partial charge in [-0.3, -0.25) is 4.98 Å². The van der Waals surface area contributed by atoms with Gasteiger partial charge in [0.15, 0.2) is 0 Å². The van der Waals surface area contributed by atoms with Crippen LogP contribution in [0.2, 0.25) is 5.02 Å². The summed E-state index contributed by atoms with van der Waals surface area (Å²) in [5.41, 5.74) is 3.17. The summed E-state index contributed by atoms with van der Waals surface area (Å²) >= 11 is 9.54. The lowest BCUT2D eigenvalue weighted by atomic mass is 10.2. The van der Waals surface area contributed by atoms with E-state index in [2.05, 4.69) is 20.9 Å². The van der Waals surface area contributed by atoms with E-state index in [1.807, 2.05) is 37.3 Å². The van der Waals surface area contributed by atoms with Gasteiger partial charge in [0, 0.05) is 11.5 Å². The standard InChI is InChI=1S/C14H13BrClNO/c1-10-3-2-6-17-13(10)9-18-14-5-4-11(8-15)7-12(14)16/h2-7H,8-9H2,1H3. The zero-order chi connectivity index (χ0) is 13.0. The minimum absolute atomic E-state index is 0.431. The molecule has 0 saturated heterocycles. The number of pyridine rings is 1. The summed E-state index contributed by atoms with van der Waals surface area (Å²) < 4.78 is 5.69. The van der Waals surface area contributed by atoms with Crippen LogP contribution < -0.4 is 4.74 Å². The molecule has 0 saturated carbocycles. The second-order valence-corrected chi connectivity index (χ2v) is 4.92. The molecule has 2 nitrogen and oxygen atoms in total. The minimum atomic E-state index is 0.431. The van der Waals surface area contributed by atoms with E-state index in [1.54, 1.807) is 6.20 Å². The summed E-state index contributed by atoms with van der Waals surface area (Å²) in [6, 6.07) is 9.70. The van der Waals surface area contributed by atoms with Crippen LogP contribution in [-0.4, -0.2) is 4.98 Å². The van der Waals surface area contributed by atoms with Crippen molar-refractivity contribution in [2.45, 2.75) is 18.9 Å². The van der Waals surface area contributed by atoms with Crippen LogP contribution in [0.1, 0.15) is 16.8 Å². The third kappa shape index (κ3) is 3.24. The maximum Gasteiger partial charge on any atom is 0.138 e. The van der Waals surface area contributed by atoms with Crippen molar-refractivity contribution in [2.24, 2.45) is 0 Å². The predicted molar refractivity (Wildman–Crippen MR) is 77.4 cm³/mol. The number of halogens is 2. The molecule has 0 aliphatic rings. The summed E-state index contributed by atoms with van der Waals surface area (Å²) in [6.07, 6.45) is 1.77. The van der Waals surface area contributed by atoms with Crippen molar-refractivity contribution in [3.8, 4) is 5.75 Å². The molecule has 0 aliphatic carbocycles. The van der Waals surface area contributed by atoms with Gasteiger partial charge in [-0.1, -0.05) is 39.7 Å². The highest BCUT2D eigenvalue weighted by molar-refractivity contribution is 9.08. The molecule has 1 aromatic heterocycles. The van der Waals surface area contributed by atoms with Crippen LogP contribution in [0.5, 0.6) is 5.75 Å². The first-order chi connectivity index (χ1) is 8.70. The first-order valence-electron chi connectivity index (χ1n) is 5.58. The molecule has 4 heteroatoms. The predicted octanol–water partition coefficient (Wildman–Crippen LogP) is 4.52. The first-order valence-corrected chi connectivity index (χ1v) is 7.08. The van der Waals surface area contributed by atoms with Crippen LogP contribution in [-0.2, 0) is 11.9 Å². The third-order valence-corrected chi connectivity index (χ3v) is 3.58. The second kappa shape index (κ2) is 6.21. The van der Waals surface area contributed by atoms with E-state index in [4.69, 9.17) is 16.3 Å². The summed E-state index contributed by atoms with van der Waals surface area (Å²) in [5, 5.41) is 1.41. The van der Waals surface area contributed by atoms with Crippen LogP contribution in [0.15, 0.2) is 36.5 Å². The molecule has 0 unspecified atom stereocenters. The molecule has 0 spiro atoms. The highest BCUT2D eigenvalue weighted by atomic mass is 79.9. The maximum absolute atomic E-state index is 6.15. The smallest absolute Gasteiger partial charge is 0.138 e. The monoisotopic (exact) mass is 325 g/mol. The Balaban J connectivity index is 2.09. The molecule has 0 radical (unpaired) electrons. The number of nitrogens with zero attached hydrogens (tertiary/aromatic N) is 1. The lowest BCUT2D eigenvalue weighted by molar-refractivity contribution is 0.300. The van der Waals surface area contributed by atoms with E-state index in [0.717, 1.165) is 22.2 Å². The van der Waals surface area contributed by atoms with Crippen LogP contribution >= 0.6 is 27.5 Å². The molecule has 0 aliphatic heterocycles. The second-order valence-electron chi connectivity index (χ2n) is 3.95. The van der Waals surface area contributed by atoms with Crippen LogP contribution in [0.3, 0.4) is 0 Å². The Bertz CT molecular complexity index is 545. The quantitative estimate of drug-likeness (QED) is 0.771. The SMILES string of the molecule is Cc1cccnc1COc1ccc(CBr)cc1Cl. The Morgan fingerprint density at radius 3 is 2.83 bits per heavy atom. The van der Waals surface area contributed by atoms with Gasteiger partial charge < -0.3 is 4.74 Å². The lowest BCUT2D eigenvalue weighted by Gasteiger charge is -2.09. The van der Waals surface area contributed by atoms with Crippen LogP contribution in [0.25, 0.3) is 0 Å². The Hall–Kier alpha value is -1.06. The molecule has 0 fully saturated rings. The number of hydrogen-bond acceptors (Lipinski definition) is 2. The molecule has 0 atom stereocenters. The lowest BCUT2D eigenvalue weighted by Crippen LogP contribution is -2.00. The Kier molecular flexibility index (Phi) is 4.61. The fourth-order valence-corrected chi connectivity index (χ4v) is 2.17. The van der Waals surface area contributed by atoms with Gasteiger partial charge in [-0.25, -0.2) is 0 Å². The normalized spacial score (nSPS) is 10.4. The number of alkyl halides is 1. The van der Waals surface area contributed by atoms with Gasteiger partial charge in [0.05, 0.1) is 10.7 Å². The van der Waals surface area contributed by atoms with Crippen molar-refractivity contribution >= 4 is 27.5 Å². The molecule has 18 heavy (non-hydrogen) atoms. The molecule has 0 amide bonds. The minimum Gasteiger partial charge on any atom is -0.486 e. The molecular formula is C14H13BrClNO. The fourth-order valence-electron chi connectivity index (χ4n) is 1.56. The molecule has 0 bridgehead atoms. The Morgan fingerprint density at radius 1 is 1.33 bits per heavy atom. The molecule has 94 valence electrons. The zero-order valence-corrected chi connectivity index (χ0v) is 12.3. The number of rotatable bonds is 4. The van der Waals surface area contributed by atoms with Gasteiger partial charge in [-0.05, 0) is 36.2 Å². The number of benzene rings is 1. The first kappa shape index (κ1) is 13.4. The fraction of sp³-hybridized carbons (Fsp3) is 0.214. The van der Waals surface area contributed by atoms with Crippen molar-refractivity contribution in [1.82, 2.24) is 4.98 Å². The van der Waals surface area contributed by atoms with Crippen molar-refractivity contribution in [3.63, 3.8) is 0 Å². The average Bonchev–Trinajstić information content (AvgIpc) is 2.39. The maximum atomic E-state index is 6.15. The number of aryl methyl sites for hydroxylation is 1. The highest BCUT2D eigenvalue weighted by Gasteiger charge is 2.05.